The highest BCUT2D eigenvalue weighted by Crippen LogP contribution is 2.32. The summed E-state index contributed by atoms with van der Waals surface area (Å²) >= 11 is 6.06. The number of hydrogen-bond donors (Lipinski definition) is 0. The van der Waals surface area contributed by atoms with Crippen LogP contribution in [0.15, 0.2) is 47.6 Å². The molecule has 0 bridgehead atoms. The van der Waals surface area contributed by atoms with Gasteiger partial charge in [-0.25, -0.2) is 19.2 Å². The number of rotatable bonds is 5. The first-order valence-corrected chi connectivity index (χ1v) is 9.58. The quantitative estimate of drug-likeness (QED) is 0.296. The Morgan fingerprint density at radius 1 is 1.29 bits per heavy atom. The highest BCUT2D eigenvalue weighted by atomic mass is 35.5. The van der Waals surface area contributed by atoms with Crippen LogP contribution < -0.4 is 5.01 Å². The first-order valence-electron chi connectivity index (χ1n) is 9.21. The van der Waals surface area contributed by atoms with Gasteiger partial charge in [0.2, 0.25) is 0 Å². The number of aromatic nitrogens is 1. The number of allylic oxidation sites excluding steroid dienone is 1. The van der Waals surface area contributed by atoms with Crippen LogP contribution in [0.1, 0.15) is 38.4 Å². The number of carbonyl (C=O) groups excluding carboxylic acids is 1. The van der Waals surface area contributed by atoms with Gasteiger partial charge in [-0.3, -0.25) is 0 Å². The largest absolute Gasteiger partial charge is 0.462 e. The Kier molecular flexibility index (Phi) is 8.14. The summed E-state index contributed by atoms with van der Waals surface area (Å²) in [6, 6.07) is 9.49. The SMILES string of the molecule is CC.CCOC(=O)/C=N/N(C1=CCCc2ccc(Cl)nc21)c1ccc(F)cc1. The Balaban J connectivity index is 0.00000136. The van der Waals surface area contributed by atoms with E-state index < -0.39 is 5.97 Å². The molecule has 0 unspecified atom stereocenters. The van der Waals surface area contributed by atoms with E-state index in [4.69, 9.17) is 16.3 Å². The molecule has 3 rings (SSSR count). The van der Waals surface area contributed by atoms with E-state index in [-0.39, 0.29) is 12.4 Å². The number of benzene rings is 1. The molecule has 0 saturated heterocycles. The summed E-state index contributed by atoms with van der Waals surface area (Å²) in [5.74, 6) is -0.919. The van der Waals surface area contributed by atoms with Crippen LogP contribution in [0.3, 0.4) is 0 Å². The molecular weight excluding hydrogens is 381 g/mol. The van der Waals surface area contributed by atoms with Gasteiger partial charge < -0.3 is 4.74 Å². The lowest BCUT2D eigenvalue weighted by Gasteiger charge is -2.26. The van der Waals surface area contributed by atoms with Crippen LogP contribution in [-0.2, 0) is 16.0 Å². The molecule has 0 aliphatic heterocycles. The van der Waals surface area contributed by atoms with Crippen molar-refractivity contribution >= 4 is 35.2 Å². The van der Waals surface area contributed by atoms with Crippen molar-refractivity contribution in [3.63, 3.8) is 0 Å². The number of ether oxygens (including phenoxy) is 1. The molecule has 5 nitrogen and oxygen atoms in total. The first kappa shape index (κ1) is 21.6. The van der Waals surface area contributed by atoms with Crippen molar-refractivity contribution in [2.45, 2.75) is 33.6 Å². The third-order valence-electron chi connectivity index (χ3n) is 3.80. The zero-order chi connectivity index (χ0) is 20.5. The average Bonchev–Trinajstić information content (AvgIpc) is 2.71. The van der Waals surface area contributed by atoms with Crippen molar-refractivity contribution in [1.29, 1.82) is 0 Å². The van der Waals surface area contributed by atoms with Gasteiger partial charge >= 0.3 is 5.97 Å². The monoisotopic (exact) mass is 403 g/mol. The van der Waals surface area contributed by atoms with Crippen molar-refractivity contribution in [2.24, 2.45) is 5.10 Å². The van der Waals surface area contributed by atoms with Gasteiger partial charge in [0.15, 0.2) is 0 Å². The van der Waals surface area contributed by atoms with Gasteiger partial charge in [0, 0.05) is 0 Å². The van der Waals surface area contributed by atoms with E-state index in [1.807, 2.05) is 26.0 Å². The lowest BCUT2D eigenvalue weighted by Crippen LogP contribution is -2.21. The van der Waals surface area contributed by atoms with Crippen LogP contribution in [0.25, 0.3) is 5.70 Å². The fourth-order valence-corrected chi connectivity index (χ4v) is 2.82. The van der Waals surface area contributed by atoms with Crippen LogP contribution in [0.5, 0.6) is 0 Å². The number of pyridine rings is 1. The van der Waals surface area contributed by atoms with Gasteiger partial charge in [-0.15, -0.1) is 0 Å². The Bertz CT molecular complexity index is 866. The second kappa shape index (κ2) is 10.6. The third-order valence-corrected chi connectivity index (χ3v) is 4.01. The molecule has 7 heteroatoms. The molecule has 1 aliphatic carbocycles. The van der Waals surface area contributed by atoms with E-state index in [1.165, 1.54) is 17.1 Å². The predicted octanol–water partition coefficient (Wildman–Crippen LogP) is 5.24. The molecule has 0 atom stereocenters. The molecule has 0 spiro atoms. The number of nitrogens with zero attached hydrogens (tertiary/aromatic N) is 3. The van der Waals surface area contributed by atoms with Crippen molar-refractivity contribution in [3.05, 3.63) is 64.7 Å². The van der Waals surface area contributed by atoms with E-state index >= 15 is 0 Å². The summed E-state index contributed by atoms with van der Waals surface area (Å²) < 4.78 is 18.2. The number of hydrogen-bond acceptors (Lipinski definition) is 5. The lowest BCUT2D eigenvalue weighted by molar-refractivity contribution is -0.134. The second-order valence-electron chi connectivity index (χ2n) is 5.55. The molecule has 0 N–H and O–H groups in total. The summed E-state index contributed by atoms with van der Waals surface area (Å²) in [5, 5.41) is 6.16. The lowest BCUT2D eigenvalue weighted by atomic mass is 9.99. The number of esters is 1. The molecule has 0 amide bonds. The van der Waals surface area contributed by atoms with Crippen molar-refractivity contribution in [1.82, 2.24) is 4.98 Å². The standard InChI is InChI=1S/C19H17ClFN3O2.C2H6/c1-2-26-18(25)12-22-24(15-9-7-14(21)8-10-15)16-5-3-4-13-6-11-17(20)23-19(13)16;1-2/h5-12H,2-4H2,1H3;1-2H3/b22-12+;. The maximum absolute atomic E-state index is 13.3. The zero-order valence-electron chi connectivity index (χ0n) is 16.2. The van der Waals surface area contributed by atoms with Crippen LogP contribution >= 0.6 is 11.6 Å². The van der Waals surface area contributed by atoms with E-state index in [2.05, 4.69) is 10.1 Å². The van der Waals surface area contributed by atoms with Crippen molar-refractivity contribution < 1.29 is 13.9 Å². The highest BCUT2D eigenvalue weighted by molar-refractivity contribution is 6.29. The summed E-state index contributed by atoms with van der Waals surface area (Å²) in [6.45, 7) is 5.97. The van der Waals surface area contributed by atoms with Crippen LogP contribution in [0.4, 0.5) is 10.1 Å². The van der Waals surface area contributed by atoms with E-state index in [0.29, 0.717) is 22.2 Å². The molecule has 0 radical (unpaired) electrons. The second-order valence-corrected chi connectivity index (χ2v) is 5.94. The molecule has 1 aromatic heterocycles. The number of carbonyl (C=O) groups is 1. The Hall–Kier alpha value is -2.73. The summed E-state index contributed by atoms with van der Waals surface area (Å²) in [6.07, 6.45) is 4.68. The molecule has 28 heavy (non-hydrogen) atoms. The van der Waals surface area contributed by atoms with Crippen molar-refractivity contribution in [3.8, 4) is 0 Å². The number of fused-ring (bicyclic) bond motifs is 1. The molecule has 148 valence electrons. The number of hydrazone groups is 1. The minimum Gasteiger partial charge on any atom is -0.462 e. The predicted molar refractivity (Wildman–Crippen MR) is 111 cm³/mol. The zero-order valence-corrected chi connectivity index (χ0v) is 16.9. The van der Waals surface area contributed by atoms with Gasteiger partial charge in [-0.2, -0.15) is 5.10 Å². The van der Waals surface area contributed by atoms with Gasteiger partial charge in [0.05, 0.1) is 23.7 Å². The van der Waals surface area contributed by atoms with Crippen LogP contribution in [0, 0.1) is 5.82 Å². The molecule has 1 aromatic carbocycles. The first-order chi connectivity index (χ1) is 13.6. The number of halogens is 2. The topological polar surface area (TPSA) is 54.8 Å². The molecule has 1 heterocycles. The maximum atomic E-state index is 13.3. The third kappa shape index (κ3) is 5.39. The van der Waals surface area contributed by atoms with Gasteiger partial charge in [-0.05, 0) is 55.7 Å². The van der Waals surface area contributed by atoms with Crippen molar-refractivity contribution in [2.75, 3.05) is 11.6 Å². The summed E-state index contributed by atoms with van der Waals surface area (Å²) in [4.78, 5) is 16.1. The van der Waals surface area contributed by atoms with E-state index in [0.717, 1.165) is 24.6 Å². The average molecular weight is 404 g/mol. The highest BCUT2D eigenvalue weighted by Gasteiger charge is 2.21. The minimum absolute atomic E-state index is 0.254. The molecule has 0 fully saturated rings. The minimum atomic E-state index is -0.560. The Morgan fingerprint density at radius 2 is 2.00 bits per heavy atom. The van der Waals surface area contributed by atoms with E-state index in [9.17, 15) is 9.18 Å². The molecular formula is C21H23ClFN3O2. The number of anilines is 1. The van der Waals surface area contributed by atoms with E-state index in [1.54, 1.807) is 25.1 Å². The number of aryl methyl sites for hydroxylation is 1. The molecule has 2 aromatic rings. The summed E-state index contributed by atoms with van der Waals surface area (Å²) in [5.41, 5.74) is 2.99. The normalized spacial score (nSPS) is 12.5. The smallest absolute Gasteiger partial charge is 0.351 e. The fraction of sp³-hybridized carbons (Fsp3) is 0.286. The van der Waals surface area contributed by atoms with Crippen LogP contribution in [0.2, 0.25) is 5.15 Å². The van der Waals surface area contributed by atoms with Crippen LogP contribution in [-0.4, -0.2) is 23.8 Å². The van der Waals surface area contributed by atoms with Gasteiger partial charge in [0.25, 0.3) is 0 Å². The van der Waals surface area contributed by atoms with Gasteiger partial charge in [-0.1, -0.05) is 37.6 Å². The summed E-state index contributed by atoms with van der Waals surface area (Å²) in [7, 11) is 0. The van der Waals surface area contributed by atoms with Gasteiger partial charge in [0.1, 0.15) is 17.2 Å². The maximum Gasteiger partial charge on any atom is 0.351 e. The fourth-order valence-electron chi connectivity index (χ4n) is 2.67. The Morgan fingerprint density at radius 3 is 2.68 bits per heavy atom. The Labute approximate surface area is 169 Å². The molecule has 1 aliphatic rings. The molecule has 0 saturated carbocycles.